The fraction of sp³-hybridized carbons (Fsp3) is 0.286. The molecular weight excluding hydrogens is 264 g/mol. The van der Waals surface area contributed by atoms with E-state index in [2.05, 4.69) is 9.97 Å². The van der Waals surface area contributed by atoms with E-state index in [9.17, 15) is 5.11 Å². The molecule has 1 N–H and O–H groups in total. The van der Waals surface area contributed by atoms with Crippen molar-refractivity contribution in [3.63, 3.8) is 0 Å². The monoisotopic (exact) mass is 278 g/mol. The van der Waals surface area contributed by atoms with Crippen LogP contribution in [0.25, 0.3) is 0 Å². The minimum Gasteiger partial charge on any atom is -0.452 e. The largest absolute Gasteiger partial charge is 0.452 e. The van der Waals surface area contributed by atoms with Gasteiger partial charge >= 0.3 is 0 Å². The van der Waals surface area contributed by atoms with Gasteiger partial charge in [-0.25, -0.2) is 9.97 Å². The van der Waals surface area contributed by atoms with Gasteiger partial charge in [0.15, 0.2) is 5.75 Å². The van der Waals surface area contributed by atoms with E-state index in [4.69, 9.17) is 16.3 Å². The number of aliphatic hydroxyl groups is 1. The first-order valence-corrected chi connectivity index (χ1v) is 6.38. The van der Waals surface area contributed by atoms with Crippen LogP contribution in [0.1, 0.15) is 31.3 Å². The highest BCUT2D eigenvalue weighted by Gasteiger charge is 2.12. The van der Waals surface area contributed by atoms with Crippen molar-refractivity contribution in [2.24, 2.45) is 0 Å². The Kier molecular flexibility index (Phi) is 4.35. The second kappa shape index (κ2) is 5.99. The zero-order valence-electron chi connectivity index (χ0n) is 10.8. The summed E-state index contributed by atoms with van der Waals surface area (Å²) >= 11 is 6.02. The average molecular weight is 279 g/mol. The van der Waals surface area contributed by atoms with Gasteiger partial charge in [0.2, 0.25) is 0 Å². The Bertz CT molecular complexity index is 573. The summed E-state index contributed by atoms with van der Waals surface area (Å²) in [7, 11) is 0. The Morgan fingerprint density at radius 2 is 2.00 bits per heavy atom. The third kappa shape index (κ3) is 3.22. The van der Waals surface area contributed by atoms with Crippen LogP contribution in [0.5, 0.6) is 11.5 Å². The zero-order valence-corrected chi connectivity index (χ0v) is 11.6. The van der Waals surface area contributed by atoms with Gasteiger partial charge in [0, 0.05) is 5.92 Å². The molecule has 0 saturated heterocycles. The summed E-state index contributed by atoms with van der Waals surface area (Å²) in [5.74, 6) is 1.80. The number of hydrogen-bond donors (Lipinski definition) is 1. The Balaban J connectivity index is 2.33. The lowest BCUT2D eigenvalue weighted by molar-refractivity contribution is 0.270. The number of nitrogens with zero attached hydrogens (tertiary/aromatic N) is 2. The van der Waals surface area contributed by atoms with Crippen LogP contribution in [-0.4, -0.2) is 15.1 Å². The first kappa shape index (κ1) is 13.8. The SMILES string of the molecule is CC(C)c1ncc(Oc2ccccc2Cl)c(CO)n1. The molecule has 0 bridgehead atoms. The van der Waals surface area contributed by atoms with E-state index in [1.165, 1.54) is 0 Å². The minimum atomic E-state index is -0.206. The van der Waals surface area contributed by atoms with Gasteiger partial charge in [0.1, 0.15) is 17.3 Å². The molecule has 5 heteroatoms. The van der Waals surface area contributed by atoms with Gasteiger partial charge < -0.3 is 9.84 Å². The van der Waals surface area contributed by atoms with Crippen LogP contribution in [0.2, 0.25) is 5.02 Å². The van der Waals surface area contributed by atoms with Gasteiger partial charge in [-0.3, -0.25) is 0 Å². The molecule has 19 heavy (non-hydrogen) atoms. The van der Waals surface area contributed by atoms with Gasteiger partial charge in [0.25, 0.3) is 0 Å². The Morgan fingerprint density at radius 3 is 2.63 bits per heavy atom. The molecule has 100 valence electrons. The minimum absolute atomic E-state index is 0.194. The third-order valence-corrected chi connectivity index (χ3v) is 2.88. The fourth-order valence-electron chi connectivity index (χ4n) is 1.54. The van der Waals surface area contributed by atoms with E-state index in [0.717, 1.165) is 0 Å². The summed E-state index contributed by atoms with van der Waals surface area (Å²) in [4.78, 5) is 8.51. The van der Waals surface area contributed by atoms with Crippen molar-refractivity contribution in [2.45, 2.75) is 26.4 Å². The highest BCUT2D eigenvalue weighted by atomic mass is 35.5. The smallest absolute Gasteiger partial charge is 0.169 e. The van der Waals surface area contributed by atoms with Crippen LogP contribution in [-0.2, 0) is 6.61 Å². The summed E-state index contributed by atoms with van der Waals surface area (Å²) in [6.07, 6.45) is 1.57. The van der Waals surface area contributed by atoms with E-state index in [-0.39, 0.29) is 12.5 Å². The molecule has 0 radical (unpaired) electrons. The number of ether oxygens (including phenoxy) is 1. The lowest BCUT2D eigenvalue weighted by atomic mass is 10.2. The predicted octanol–water partition coefficient (Wildman–Crippen LogP) is 3.54. The van der Waals surface area contributed by atoms with Crippen molar-refractivity contribution in [3.8, 4) is 11.5 Å². The molecule has 1 aromatic carbocycles. The average Bonchev–Trinajstić information content (AvgIpc) is 2.41. The van der Waals surface area contributed by atoms with Crippen molar-refractivity contribution in [1.82, 2.24) is 9.97 Å². The molecule has 0 fully saturated rings. The quantitative estimate of drug-likeness (QED) is 0.929. The standard InChI is InChI=1S/C14H15ClN2O2/c1-9(2)14-16-7-13(11(8-18)17-14)19-12-6-4-3-5-10(12)15/h3-7,9,18H,8H2,1-2H3. The highest BCUT2D eigenvalue weighted by Crippen LogP contribution is 2.30. The van der Waals surface area contributed by atoms with Crippen LogP contribution in [0, 0.1) is 0 Å². The van der Waals surface area contributed by atoms with Gasteiger partial charge in [-0.15, -0.1) is 0 Å². The molecule has 0 aliphatic rings. The second-order valence-corrected chi connectivity index (χ2v) is 4.79. The van der Waals surface area contributed by atoms with Crippen LogP contribution in [0.3, 0.4) is 0 Å². The third-order valence-electron chi connectivity index (χ3n) is 2.57. The Labute approximate surface area is 117 Å². The maximum atomic E-state index is 9.37. The number of aliphatic hydroxyl groups excluding tert-OH is 1. The molecule has 2 rings (SSSR count). The van der Waals surface area contributed by atoms with E-state index in [1.807, 2.05) is 26.0 Å². The lowest BCUT2D eigenvalue weighted by Crippen LogP contribution is -2.03. The highest BCUT2D eigenvalue weighted by molar-refractivity contribution is 6.32. The van der Waals surface area contributed by atoms with Crippen molar-refractivity contribution >= 4 is 11.6 Å². The Morgan fingerprint density at radius 1 is 1.26 bits per heavy atom. The number of halogens is 1. The predicted molar refractivity (Wildman–Crippen MR) is 73.6 cm³/mol. The fourth-order valence-corrected chi connectivity index (χ4v) is 1.72. The van der Waals surface area contributed by atoms with Crippen LogP contribution >= 0.6 is 11.6 Å². The summed E-state index contributed by atoms with van der Waals surface area (Å²) in [5, 5.41) is 9.87. The van der Waals surface area contributed by atoms with Crippen molar-refractivity contribution in [1.29, 1.82) is 0 Å². The molecule has 0 atom stereocenters. The maximum Gasteiger partial charge on any atom is 0.169 e. The molecule has 2 aromatic rings. The molecule has 1 aromatic heterocycles. The molecule has 0 aliphatic carbocycles. The number of para-hydroxylation sites is 1. The topological polar surface area (TPSA) is 55.2 Å². The van der Waals surface area contributed by atoms with Crippen molar-refractivity contribution in [3.05, 3.63) is 47.0 Å². The first-order valence-electron chi connectivity index (χ1n) is 6.01. The molecule has 0 aliphatic heterocycles. The van der Waals surface area contributed by atoms with Gasteiger partial charge in [-0.2, -0.15) is 0 Å². The van der Waals surface area contributed by atoms with E-state index in [0.29, 0.717) is 28.0 Å². The summed E-state index contributed by atoms with van der Waals surface area (Å²) in [6, 6.07) is 7.13. The molecule has 1 heterocycles. The maximum absolute atomic E-state index is 9.37. The van der Waals surface area contributed by atoms with Crippen LogP contribution in [0.4, 0.5) is 0 Å². The summed E-state index contributed by atoms with van der Waals surface area (Å²) < 4.78 is 5.65. The molecule has 0 saturated carbocycles. The Hall–Kier alpha value is -1.65. The van der Waals surface area contributed by atoms with Gasteiger partial charge in [0.05, 0.1) is 17.8 Å². The van der Waals surface area contributed by atoms with E-state index < -0.39 is 0 Å². The number of aromatic nitrogens is 2. The van der Waals surface area contributed by atoms with Crippen molar-refractivity contribution < 1.29 is 9.84 Å². The van der Waals surface area contributed by atoms with E-state index >= 15 is 0 Å². The molecule has 4 nitrogen and oxygen atoms in total. The number of benzene rings is 1. The number of hydrogen-bond acceptors (Lipinski definition) is 4. The molecular formula is C14H15ClN2O2. The summed E-state index contributed by atoms with van der Waals surface area (Å²) in [5.41, 5.74) is 0.457. The van der Waals surface area contributed by atoms with Crippen LogP contribution in [0.15, 0.2) is 30.5 Å². The molecule has 0 spiro atoms. The number of rotatable bonds is 4. The molecule has 0 unspecified atom stereocenters. The van der Waals surface area contributed by atoms with Gasteiger partial charge in [-0.05, 0) is 12.1 Å². The van der Waals surface area contributed by atoms with E-state index in [1.54, 1.807) is 18.3 Å². The summed E-state index contributed by atoms with van der Waals surface area (Å²) in [6.45, 7) is 3.78. The van der Waals surface area contributed by atoms with Crippen molar-refractivity contribution in [2.75, 3.05) is 0 Å². The zero-order chi connectivity index (χ0) is 13.8. The van der Waals surface area contributed by atoms with Crippen LogP contribution < -0.4 is 4.74 Å². The first-order chi connectivity index (χ1) is 9.11. The second-order valence-electron chi connectivity index (χ2n) is 4.38. The van der Waals surface area contributed by atoms with Gasteiger partial charge in [-0.1, -0.05) is 37.6 Å². The normalized spacial score (nSPS) is 10.8. The lowest BCUT2D eigenvalue weighted by Gasteiger charge is -2.12. The molecule has 0 amide bonds.